The lowest BCUT2D eigenvalue weighted by Crippen LogP contribution is -2.47. The maximum Gasteiger partial charge on any atom is 0.272 e. The molecule has 1 saturated heterocycles. The van der Waals surface area contributed by atoms with Gasteiger partial charge < -0.3 is 4.90 Å². The molecule has 1 unspecified atom stereocenters. The van der Waals surface area contributed by atoms with Crippen LogP contribution < -0.4 is 5.14 Å². The second-order valence-electron chi connectivity index (χ2n) is 4.90. The number of sulfonamides is 1. The summed E-state index contributed by atoms with van der Waals surface area (Å²) in [6.45, 7) is 2.51. The van der Waals surface area contributed by atoms with Crippen LogP contribution in [0.3, 0.4) is 0 Å². The number of piperidine rings is 1. The van der Waals surface area contributed by atoms with Gasteiger partial charge in [0.05, 0.1) is 10.9 Å². The third-order valence-electron chi connectivity index (χ3n) is 3.35. The molecule has 1 aliphatic rings. The highest BCUT2D eigenvalue weighted by Gasteiger charge is 2.31. The minimum atomic E-state index is -3.60. The van der Waals surface area contributed by atoms with E-state index in [0.29, 0.717) is 25.1 Å². The molecule has 0 aliphatic carbocycles. The highest BCUT2D eigenvalue weighted by Crippen LogP contribution is 2.17. The zero-order valence-corrected chi connectivity index (χ0v) is 11.9. The molecule has 0 aromatic carbocycles. The van der Waals surface area contributed by atoms with Gasteiger partial charge in [-0.25, -0.2) is 13.6 Å². The zero-order chi connectivity index (χ0) is 14.2. The number of likely N-dealkylation sites (tertiary alicyclic amines) is 1. The summed E-state index contributed by atoms with van der Waals surface area (Å²) in [5, 5.41) is 8.62. The summed E-state index contributed by atoms with van der Waals surface area (Å²) in [5.74, 6) is -0.198. The van der Waals surface area contributed by atoms with Gasteiger partial charge in [0.25, 0.3) is 5.91 Å². The van der Waals surface area contributed by atoms with Crippen molar-refractivity contribution in [2.45, 2.75) is 25.0 Å². The summed E-state index contributed by atoms with van der Waals surface area (Å²) in [4.78, 5) is 13.9. The summed E-state index contributed by atoms with van der Waals surface area (Å²) in [5.41, 5.74) is 1.22. The minimum absolute atomic E-state index is 0.155. The lowest BCUT2D eigenvalue weighted by Gasteiger charge is -2.31. The second-order valence-corrected chi connectivity index (χ2v) is 6.74. The number of rotatable bonds is 2. The molecule has 1 amide bonds. The molecule has 7 nitrogen and oxygen atoms in total. The second kappa shape index (κ2) is 4.93. The van der Waals surface area contributed by atoms with E-state index in [-0.39, 0.29) is 12.5 Å². The van der Waals surface area contributed by atoms with E-state index in [4.69, 9.17) is 5.14 Å². The van der Waals surface area contributed by atoms with E-state index in [0.717, 1.165) is 5.69 Å². The number of aryl methyl sites for hydroxylation is 2. The van der Waals surface area contributed by atoms with Crippen molar-refractivity contribution in [3.05, 3.63) is 17.5 Å². The van der Waals surface area contributed by atoms with Gasteiger partial charge in [-0.05, 0) is 25.8 Å². The Morgan fingerprint density at radius 1 is 1.53 bits per heavy atom. The first-order valence-electron chi connectivity index (χ1n) is 6.10. The number of nitrogens with zero attached hydrogens (tertiary/aromatic N) is 3. The number of carbonyl (C=O) groups excluding carboxylic acids is 1. The fraction of sp³-hybridized carbons (Fsp3) is 0.636. The molecular formula is C11H18N4O3S. The van der Waals surface area contributed by atoms with Crippen LogP contribution in [-0.2, 0) is 17.1 Å². The largest absolute Gasteiger partial charge is 0.336 e. The maximum atomic E-state index is 12.3. The van der Waals surface area contributed by atoms with Gasteiger partial charge in [0.1, 0.15) is 5.69 Å². The fourth-order valence-electron chi connectivity index (χ4n) is 2.36. The number of hydrogen-bond donors (Lipinski definition) is 1. The normalized spacial score (nSPS) is 20.6. The molecule has 0 spiro atoms. The smallest absolute Gasteiger partial charge is 0.272 e. The molecule has 0 bridgehead atoms. The fourth-order valence-corrected chi connectivity index (χ4v) is 3.25. The zero-order valence-electron chi connectivity index (χ0n) is 11.0. The first-order valence-corrected chi connectivity index (χ1v) is 7.71. The number of carbonyl (C=O) groups is 1. The Balaban J connectivity index is 2.18. The van der Waals surface area contributed by atoms with Crippen molar-refractivity contribution in [3.8, 4) is 0 Å². The van der Waals surface area contributed by atoms with Crippen LogP contribution in [0.4, 0.5) is 0 Å². The van der Waals surface area contributed by atoms with Crippen molar-refractivity contribution >= 4 is 15.9 Å². The topological polar surface area (TPSA) is 98.3 Å². The maximum absolute atomic E-state index is 12.3. The van der Waals surface area contributed by atoms with E-state index in [1.807, 2.05) is 0 Å². The van der Waals surface area contributed by atoms with Crippen molar-refractivity contribution in [1.29, 1.82) is 0 Å². The van der Waals surface area contributed by atoms with E-state index < -0.39 is 15.3 Å². The lowest BCUT2D eigenvalue weighted by molar-refractivity contribution is 0.0716. The quantitative estimate of drug-likeness (QED) is 0.801. The van der Waals surface area contributed by atoms with Gasteiger partial charge in [-0.15, -0.1) is 0 Å². The predicted molar refractivity (Wildman–Crippen MR) is 70.0 cm³/mol. The Labute approximate surface area is 112 Å². The highest BCUT2D eigenvalue weighted by atomic mass is 32.2. The molecule has 2 heterocycles. The standard InChI is InChI=1S/C11H18N4O3S/c1-8-6-10(14(2)13-8)11(16)15-5-3-4-9(7-15)19(12,17)18/h6,9H,3-5,7H2,1-2H3,(H2,12,17,18). The van der Waals surface area contributed by atoms with Gasteiger partial charge in [-0.2, -0.15) is 5.10 Å². The van der Waals surface area contributed by atoms with Crippen molar-refractivity contribution in [1.82, 2.24) is 14.7 Å². The molecule has 1 atom stereocenters. The van der Waals surface area contributed by atoms with Crippen molar-refractivity contribution in [3.63, 3.8) is 0 Å². The first-order chi connectivity index (χ1) is 8.79. The summed E-state index contributed by atoms with van der Waals surface area (Å²) in [6.07, 6.45) is 1.15. The summed E-state index contributed by atoms with van der Waals surface area (Å²) in [6, 6.07) is 1.70. The summed E-state index contributed by atoms with van der Waals surface area (Å²) in [7, 11) is -1.90. The molecule has 1 aromatic rings. The van der Waals surface area contributed by atoms with Gasteiger partial charge in [0.2, 0.25) is 10.0 Å². The summed E-state index contributed by atoms with van der Waals surface area (Å²) < 4.78 is 24.3. The molecule has 8 heteroatoms. The Morgan fingerprint density at radius 2 is 2.21 bits per heavy atom. The van der Waals surface area contributed by atoms with Gasteiger partial charge in [0.15, 0.2) is 0 Å². The third-order valence-corrected chi connectivity index (χ3v) is 4.67. The average Bonchev–Trinajstić information content (AvgIpc) is 2.66. The van der Waals surface area contributed by atoms with Gasteiger partial charge in [-0.3, -0.25) is 9.48 Å². The Morgan fingerprint density at radius 3 is 2.74 bits per heavy atom. The lowest BCUT2D eigenvalue weighted by atomic mass is 10.1. The average molecular weight is 286 g/mol. The van der Waals surface area contributed by atoms with E-state index in [2.05, 4.69) is 5.10 Å². The number of primary sulfonamides is 1. The van der Waals surface area contributed by atoms with Crippen LogP contribution in [0, 0.1) is 6.92 Å². The van der Waals surface area contributed by atoms with Crippen LogP contribution in [0.1, 0.15) is 29.0 Å². The SMILES string of the molecule is Cc1cc(C(=O)N2CCCC(S(N)(=O)=O)C2)n(C)n1. The Kier molecular flexibility index (Phi) is 3.64. The Bertz CT molecular complexity index is 593. The van der Waals surface area contributed by atoms with Crippen molar-refractivity contribution in [2.24, 2.45) is 12.2 Å². The van der Waals surface area contributed by atoms with Crippen LogP contribution in [0.25, 0.3) is 0 Å². The molecule has 2 rings (SSSR count). The minimum Gasteiger partial charge on any atom is -0.336 e. The predicted octanol–water partition coefficient (Wildman–Crippen LogP) is -0.378. The van der Waals surface area contributed by atoms with Crippen LogP contribution in [-0.4, -0.2) is 47.3 Å². The highest BCUT2D eigenvalue weighted by molar-refractivity contribution is 7.89. The van der Waals surface area contributed by atoms with E-state index >= 15 is 0 Å². The van der Waals surface area contributed by atoms with Crippen LogP contribution in [0.5, 0.6) is 0 Å². The molecule has 2 N–H and O–H groups in total. The molecule has 106 valence electrons. The monoisotopic (exact) mass is 286 g/mol. The number of nitrogens with two attached hydrogens (primary N) is 1. The molecule has 1 aromatic heterocycles. The number of hydrogen-bond acceptors (Lipinski definition) is 4. The van der Waals surface area contributed by atoms with E-state index in [9.17, 15) is 13.2 Å². The molecule has 1 aliphatic heterocycles. The molecular weight excluding hydrogens is 268 g/mol. The molecule has 1 fully saturated rings. The number of aromatic nitrogens is 2. The third kappa shape index (κ3) is 2.95. The van der Waals surface area contributed by atoms with Crippen LogP contribution >= 0.6 is 0 Å². The van der Waals surface area contributed by atoms with Crippen molar-refractivity contribution in [2.75, 3.05) is 13.1 Å². The van der Waals surface area contributed by atoms with Crippen molar-refractivity contribution < 1.29 is 13.2 Å². The molecule has 0 saturated carbocycles. The van der Waals surface area contributed by atoms with E-state index in [1.165, 1.54) is 9.58 Å². The van der Waals surface area contributed by atoms with Gasteiger partial charge in [-0.1, -0.05) is 0 Å². The van der Waals surface area contributed by atoms with E-state index in [1.54, 1.807) is 20.0 Å². The van der Waals surface area contributed by atoms with Crippen LogP contribution in [0.15, 0.2) is 6.07 Å². The first kappa shape index (κ1) is 14.0. The summed E-state index contributed by atoms with van der Waals surface area (Å²) >= 11 is 0. The molecule has 0 radical (unpaired) electrons. The number of amides is 1. The Hall–Kier alpha value is -1.41. The van der Waals surface area contributed by atoms with Gasteiger partial charge >= 0.3 is 0 Å². The molecule has 19 heavy (non-hydrogen) atoms. The van der Waals surface area contributed by atoms with Gasteiger partial charge in [0, 0.05) is 20.1 Å². The van der Waals surface area contributed by atoms with Crippen LogP contribution in [0.2, 0.25) is 0 Å².